The molecule has 0 aliphatic carbocycles. The maximum atomic E-state index is 12.8. The number of sulfone groups is 1. The standard InChI is InChI=1S/C15H19N3O3S/c1-5-16-15(19)18-7-6-13(17-18)22(20,21)14-11(3)8-10(2)9-12(14)4/h6-9H,5H2,1-4H3,(H,16,19). The van der Waals surface area contributed by atoms with Crippen LogP contribution in [0.15, 0.2) is 34.3 Å². The van der Waals surface area contributed by atoms with Gasteiger partial charge in [0.2, 0.25) is 9.84 Å². The molecule has 0 saturated heterocycles. The van der Waals surface area contributed by atoms with E-state index in [1.807, 2.05) is 19.1 Å². The second kappa shape index (κ2) is 5.92. The maximum absolute atomic E-state index is 12.8. The molecule has 1 heterocycles. The van der Waals surface area contributed by atoms with Gasteiger partial charge in [-0.3, -0.25) is 0 Å². The van der Waals surface area contributed by atoms with E-state index in [9.17, 15) is 13.2 Å². The number of hydrogen-bond donors (Lipinski definition) is 1. The van der Waals surface area contributed by atoms with E-state index in [2.05, 4.69) is 10.4 Å². The average Bonchev–Trinajstić information content (AvgIpc) is 2.87. The number of nitrogens with zero attached hydrogens (tertiary/aromatic N) is 2. The lowest BCUT2D eigenvalue weighted by molar-refractivity contribution is 0.240. The molecule has 6 nitrogen and oxygen atoms in total. The summed E-state index contributed by atoms with van der Waals surface area (Å²) < 4.78 is 26.5. The van der Waals surface area contributed by atoms with E-state index in [0.717, 1.165) is 10.2 Å². The Bertz CT molecular complexity index is 799. The van der Waals surface area contributed by atoms with Crippen LogP contribution in [0.2, 0.25) is 0 Å². The van der Waals surface area contributed by atoms with Gasteiger partial charge in [0.25, 0.3) is 0 Å². The molecule has 1 N–H and O–H groups in total. The average molecular weight is 321 g/mol. The summed E-state index contributed by atoms with van der Waals surface area (Å²) in [5, 5.41) is 6.33. The van der Waals surface area contributed by atoms with Gasteiger partial charge >= 0.3 is 6.03 Å². The predicted octanol–water partition coefficient (Wildman–Crippen LogP) is 2.22. The Morgan fingerprint density at radius 2 is 1.82 bits per heavy atom. The number of benzene rings is 1. The minimum atomic E-state index is -3.76. The third-order valence-corrected chi connectivity index (χ3v) is 5.20. The topological polar surface area (TPSA) is 81.1 Å². The largest absolute Gasteiger partial charge is 0.342 e. The van der Waals surface area contributed by atoms with Gasteiger partial charge in [-0.1, -0.05) is 17.7 Å². The number of aryl methyl sites for hydroxylation is 3. The van der Waals surface area contributed by atoms with Gasteiger partial charge in [0.15, 0.2) is 5.03 Å². The van der Waals surface area contributed by atoms with Crippen molar-refractivity contribution in [3.63, 3.8) is 0 Å². The molecule has 0 bridgehead atoms. The van der Waals surface area contributed by atoms with E-state index in [-0.39, 0.29) is 9.92 Å². The molecule has 1 aromatic carbocycles. The second-order valence-corrected chi connectivity index (χ2v) is 7.00. The zero-order valence-corrected chi connectivity index (χ0v) is 13.9. The molecule has 0 aliphatic rings. The molecule has 1 aromatic heterocycles. The normalized spacial score (nSPS) is 11.5. The summed E-state index contributed by atoms with van der Waals surface area (Å²) in [7, 11) is -3.76. The first-order valence-electron chi connectivity index (χ1n) is 6.94. The van der Waals surface area contributed by atoms with E-state index in [0.29, 0.717) is 17.7 Å². The predicted molar refractivity (Wildman–Crippen MR) is 82.8 cm³/mol. The molecular weight excluding hydrogens is 302 g/mol. The van der Waals surface area contributed by atoms with Gasteiger partial charge < -0.3 is 5.32 Å². The summed E-state index contributed by atoms with van der Waals surface area (Å²) in [6.07, 6.45) is 1.34. The molecule has 22 heavy (non-hydrogen) atoms. The van der Waals surface area contributed by atoms with Crippen LogP contribution < -0.4 is 5.32 Å². The van der Waals surface area contributed by atoms with Crippen molar-refractivity contribution in [2.24, 2.45) is 0 Å². The number of carbonyl (C=O) groups is 1. The minimum Gasteiger partial charge on any atom is -0.336 e. The summed E-state index contributed by atoms with van der Waals surface area (Å²) in [4.78, 5) is 11.9. The van der Waals surface area contributed by atoms with Gasteiger partial charge in [0.05, 0.1) is 4.90 Å². The SMILES string of the molecule is CCNC(=O)n1ccc(S(=O)(=O)c2c(C)cc(C)cc2C)n1. The van der Waals surface area contributed by atoms with E-state index in [1.165, 1.54) is 12.3 Å². The lowest BCUT2D eigenvalue weighted by Gasteiger charge is -2.10. The van der Waals surface area contributed by atoms with Gasteiger partial charge in [-0.25, -0.2) is 13.2 Å². The van der Waals surface area contributed by atoms with Crippen LogP contribution in [0, 0.1) is 20.8 Å². The van der Waals surface area contributed by atoms with Crippen LogP contribution >= 0.6 is 0 Å². The van der Waals surface area contributed by atoms with Gasteiger partial charge in [-0.15, -0.1) is 0 Å². The van der Waals surface area contributed by atoms with E-state index < -0.39 is 15.9 Å². The minimum absolute atomic E-state index is 0.131. The first kappa shape index (κ1) is 16.2. The van der Waals surface area contributed by atoms with Gasteiger partial charge in [0, 0.05) is 12.7 Å². The lowest BCUT2D eigenvalue weighted by atomic mass is 10.1. The Hall–Kier alpha value is -2.15. The first-order valence-corrected chi connectivity index (χ1v) is 8.42. The van der Waals surface area contributed by atoms with Crippen molar-refractivity contribution in [2.45, 2.75) is 37.6 Å². The molecule has 7 heteroatoms. The molecule has 118 valence electrons. The van der Waals surface area contributed by atoms with Crippen molar-refractivity contribution in [3.05, 3.63) is 41.1 Å². The molecule has 0 atom stereocenters. The van der Waals surface area contributed by atoms with Crippen LogP contribution in [-0.2, 0) is 9.84 Å². The van der Waals surface area contributed by atoms with Crippen LogP contribution in [0.5, 0.6) is 0 Å². The summed E-state index contributed by atoms with van der Waals surface area (Å²) in [6, 6.07) is 4.52. The van der Waals surface area contributed by atoms with Crippen molar-refractivity contribution < 1.29 is 13.2 Å². The highest BCUT2D eigenvalue weighted by atomic mass is 32.2. The molecule has 1 amide bonds. The summed E-state index contributed by atoms with van der Waals surface area (Å²) in [5.74, 6) is 0. The van der Waals surface area contributed by atoms with Crippen molar-refractivity contribution >= 4 is 15.9 Å². The van der Waals surface area contributed by atoms with E-state index in [4.69, 9.17) is 0 Å². The first-order chi connectivity index (χ1) is 10.3. The number of hydrogen-bond acceptors (Lipinski definition) is 4. The molecule has 2 rings (SSSR count). The quantitative estimate of drug-likeness (QED) is 0.940. The summed E-state index contributed by atoms with van der Waals surface area (Å²) in [5.41, 5.74) is 2.34. The molecule has 0 unspecified atom stereocenters. The number of aromatic nitrogens is 2. The molecule has 2 aromatic rings. The van der Waals surface area contributed by atoms with E-state index >= 15 is 0 Å². The number of nitrogens with one attached hydrogen (secondary N) is 1. The summed E-state index contributed by atoms with van der Waals surface area (Å²) in [6.45, 7) is 7.65. The fourth-order valence-electron chi connectivity index (χ4n) is 2.49. The van der Waals surface area contributed by atoms with Crippen LogP contribution in [-0.4, -0.2) is 30.8 Å². The van der Waals surface area contributed by atoms with Crippen LogP contribution in [0.1, 0.15) is 23.6 Å². The number of rotatable bonds is 3. The second-order valence-electron chi connectivity index (χ2n) is 5.17. The monoisotopic (exact) mass is 321 g/mol. The molecule has 0 aliphatic heterocycles. The Kier molecular flexibility index (Phi) is 4.37. The summed E-state index contributed by atoms with van der Waals surface area (Å²) >= 11 is 0. The Balaban J connectivity index is 2.51. The van der Waals surface area contributed by atoms with Gasteiger partial charge in [-0.2, -0.15) is 9.78 Å². The molecule has 0 spiro atoms. The zero-order chi connectivity index (χ0) is 16.5. The molecular formula is C15H19N3O3S. The highest BCUT2D eigenvalue weighted by Gasteiger charge is 2.25. The number of amides is 1. The van der Waals surface area contributed by atoms with Crippen molar-refractivity contribution in [1.82, 2.24) is 15.1 Å². The van der Waals surface area contributed by atoms with Crippen molar-refractivity contribution in [1.29, 1.82) is 0 Å². The third-order valence-electron chi connectivity index (χ3n) is 3.25. The smallest absolute Gasteiger partial charge is 0.336 e. The Morgan fingerprint density at radius 1 is 1.23 bits per heavy atom. The third kappa shape index (κ3) is 2.89. The molecule has 0 saturated carbocycles. The Labute approximate surface area is 130 Å². The lowest BCUT2D eigenvalue weighted by Crippen LogP contribution is -2.28. The van der Waals surface area contributed by atoms with Crippen LogP contribution in [0.3, 0.4) is 0 Å². The zero-order valence-electron chi connectivity index (χ0n) is 13.0. The molecule has 0 fully saturated rings. The van der Waals surface area contributed by atoms with E-state index in [1.54, 1.807) is 20.8 Å². The number of carbonyl (C=O) groups excluding carboxylic acids is 1. The fourth-order valence-corrected chi connectivity index (χ4v) is 4.10. The molecule has 0 radical (unpaired) electrons. The Morgan fingerprint density at radius 3 is 2.36 bits per heavy atom. The van der Waals surface area contributed by atoms with Crippen LogP contribution in [0.25, 0.3) is 0 Å². The fraction of sp³-hybridized carbons (Fsp3) is 0.333. The highest BCUT2D eigenvalue weighted by molar-refractivity contribution is 7.91. The maximum Gasteiger partial charge on any atom is 0.342 e. The van der Waals surface area contributed by atoms with Crippen molar-refractivity contribution in [2.75, 3.05) is 6.54 Å². The van der Waals surface area contributed by atoms with Gasteiger partial charge in [0.1, 0.15) is 0 Å². The highest BCUT2D eigenvalue weighted by Crippen LogP contribution is 2.27. The van der Waals surface area contributed by atoms with Crippen molar-refractivity contribution in [3.8, 4) is 0 Å². The van der Waals surface area contributed by atoms with Crippen LogP contribution in [0.4, 0.5) is 4.79 Å². The van der Waals surface area contributed by atoms with Gasteiger partial charge in [-0.05, 0) is 44.9 Å².